The summed E-state index contributed by atoms with van der Waals surface area (Å²) in [7, 11) is 0. The zero-order chi connectivity index (χ0) is 25.3. The fourth-order valence-corrected chi connectivity index (χ4v) is 3.82. The second-order valence-electron chi connectivity index (χ2n) is 9.30. The predicted molar refractivity (Wildman–Crippen MR) is 139 cm³/mol. The molecule has 6 nitrogen and oxygen atoms in total. The van der Waals surface area contributed by atoms with E-state index in [0.717, 1.165) is 64.2 Å². The van der Waals surface area contributed by atoms with Crippen molar-refractivity contribution in [2.24, 2.45) is 0 Å². The molecule has 0 aliphatic heterocycles. The number of carboxylic acids is 1. The first-order valence-electron chi connectivity index (χ1n) is 13.8. The fourth-order valence-electron chi connectivity index (χ4n) is 3.82. The standard InChI is InChI=1S/C28H51NO5/c1-3-5-7-9-10-11-12-13-19-23-28(33)34-25(20-16-8-6-4-2)21-17-14-15-18-22-26(30)29-24-27(31)32/h16,20,25H,3-15,17-19,21-24H2,1-2H3,(H,29,30)(H,31,32)/b20-16-. The molecule has 0 saturated heterocycles. The molecule has 0 aromatic heterocycles. The zero-order valence-electron chi connectivity index (χ0n) is 22.0. The van der Waals surface area contributed by atoms with Gasteiger partial charge in [0.15, 0.2) is 0 Å². The fraction of sp³-hybridized carbons (Fsp3) is 0.821. The molecule has 198 valence electrons. The molecule has 6 heteroatoms. The third-order valence-electron chi connectivity index (χ3n) is 5.92. The van der Waals surface area contributed by atoms with E-state index in [-0.39, 0.29) is 24.5 Å². The maximum Gasteiger partial charge on any atom is 0.322 e. The van der Waals surface area contributed by atoms with Crippen LogP contribution < -0.4 is 5.32 Å². The molecule has 1 amide bonds. The average Bonchev–Trinajstić information content (AvgIpc) is 2.81. The minimum absolute atomic E-state index is 0.0943. The van der Waals surface area contributed by atoms with Crippen molar-refractivity contribution < 1.29 is 24.2 Å². The second kappa shape index (κ2) is 24.3. The number of ether oxygens (including phenoxy) is 1. The van der Waals surface area contributed by atoms with Gasteiger partial charge in [-0.1, -0.05) is 97.0 Å². The minimum atomic E-state index is -1.03. The topological polar surface area (TPSA) is 92.7 Å². The van der Waals surface area contributed by atoms with Crippen molar-refractivity contribution in [1.82, 2.24) is 5.32 Å². The van der Waals surface area contributed by atoms with Gasteiger partial charge in [-0.2, -0.15) is 0 Å². The van der Waals surface area contributed by atoms with Gasteiger partial charge in [-0.3, -0.25) is 14.4 Å². The Morgan fingerprint density at radius 1 is 0.765 bits per heavy atom. The smallest absolute Gasteiger partial charge is 0.322 e. The minimum Gasteiger partial charge on any atom is -0.480 e. The molecule has 0 aliphatic carbocycles. The van der Waals surface area contributed by atoms with Crippen molar-refractivity contribution in [3.8, 4) is 0 Å². The number of esters is 1. The van der Waals surface area contributed by atoms with E-state index in [1.165, 1.54) is 44.9 Å². The Kier molecular flexibility index (Phi) is 23.0. The number of allylic oxidation sites excluding steroid dienone is 1. The summed E-state index contributed by atoms with van der Waals surface area (Å²) in [5.41, 5.74) is 0. The Hall–Kier alpha value is -1.85. The van der Waals surface area contributed by atoms with E-state index in [1.807, 2.05) is 6.08 Å². The maximum atomic E-state index is 12.3. The van der Waals surface area contributed by atoms with E-state index >= 15 is 0 Å². The van der Waals surface area contributed by atoms with Crippen LogP contribution in [-0.2, 0) is 19.1 Å². The number of aliphatic carboxylic acids is 1. The van der Waals surface area contributed by atoms with Gasteiger partial charge in [0.1, 0.15) is 12.6 Å². The molecule has 1 unspecified atom stereocenters. The highest BCUT2D eigenvalue weighted by molar-refractivity contribution is 5.80. The van der Waals surface area contributed by atoms with Gasteiger partial charge < -0.3 is 15.2 Å². The summed E-state index contributed by atoms with van der Waals surface area (Å²) in [6, 6.07) is 0. The van der Waals surface area contributed by atoms with Gasteiger partial charge in [0.05, 0.1) is 0 Å². The lowest BCUT2D eigenvalue weighted by atomic mass is 10.1. The Bertz CT molecular complexity index is 547. The first-order chi connectivity index (χ1) is 16.5. The highest BCUT2D eigenvalue weighted by atomic mass is 16.5. The van der Waals surface area contributed by atoms with E-state index in [2.05, 4.69) is 25.2 Å². The van der Waals surface area contributed by atoms with Crippen molar-refractivity contribution in [2.75, 3.05) is 6.54 Å². The predicted octanol–water partition coefficient (Wildman–Crippen LogP) is 7.11. The molecule has 0 fully saturated rings. The number of hydrogen-bond donors (Lipinski definition) is 2. The summed E-state index contributed by atoms with van der Waals surface area (Å²) in [6.45, 7) is 4.08. The van der Waals surface area contributed by atoms with Crippen molar-refractivity contribution in [1.29, 1.82) is 0 Å². The third kappa shape index (κ3) is 23.3. The second-order valence-corrected chi connectivity index (χ2v) is 9.30. The SMILES string of the molecule is CCCC/C=C\C(CCCCCCC(=O)NCC(=O)O)OC(=O)CCCCCCCCCCC. The van der Waals surface area contributed by atoms with E-state index in [9.17, 15) is 14.4 Å². The van der Waals surface area contributed by atoms with Crippen LogP contribution in [0.5, 0.6) is 0 Å². The van der Waals surface area contributed by atoms with Gasteiger partial charge in [-0.15, -0.1) is 0 Å². The van der Waals surface area contributed by atoms with Crippen LogP contribution in [0.15, 0.2) is 12.2 Å². The number of nitrogens with one attached hydrogen (secondary N) is 1. The van der Waals surface area contributed by atoms with Gasteiger partial charge in [-0.25, -0.2) is 0 Å². The van der Waals surface area contributed by atoms with Crippen LogP contribution >= 0.6 is 0 Å². The molecule has 0 aliphatic rings. The van der Waals surface area contributed by atoms with Crippen LogP contribution in [0.4, 0.5) is 0 Å². The lowest BCUT2D eigenvalue weighted by Crippen LogP contribution is -2.28. The highest BCUT2D eigenvalue weighted by Gasteiger charge is 2.11. The Balaban J connectivity index is 4.05. The molecule has 2 N–H and O–H groups in total. The molecule has 0 rings (SSSR count). The van der Waals surface area contributed by atoms with Crippen LogP contribution in [0.1, 0.15) is 136 Å². The summed E-state index contributed by atoms with van der Waals surface area (Å²) in [4.78, 5) is 34.3. The van der Waals surface area contributed by atoms with Crippen LogP contribution in [0.25, 0.3) is 0 Å². The molecular weight excluding hydrogens is 430 g/mol. The van der Waals surface area contributed by atoms with Gasteiger partial charge in [0.2, 0.25) is 5.91 Å². The summed E-state index contributed by atoms with van der Waals surface area (Å²) in [5.74, 6) is -1.34. The largest absolute Gasteiger partial charge is 0.480 e. The van der Waals surface area contributed by atoms with Crippen LogP contribution in [-0.4, -0.2) is 35.6 Å². The molecule has 1 atom stereocenters. The zero-order valence-corrected chi connectivity index (χ0v) is 22.0. The molecule has 0 aromatic rings. The number of rotatable bonds is 24. The quantitative estimate of drug-likeness (QED) is 0.0870. The Morgan fingerprint density at radius 3 is 1.94 bits per heavy atom. The molecule has 0 aromatic carbocycles. The first kappa shape index (κ1) is 32.1. The van der Waals surface area contributed by atoms with E-state index in [4.69, 9.17) is 9.84 Å². The van der Waals surface area contributed by atoms with Crippen molar-refractivity contribution >= 4 is 17.8 Å². The van der Waals surface area contributed by atoms with Gasteiger partial charge in [0.25, 0.3) is 0 Å². The summed E-state index contributed by atoms with van der Waals surface area (Å²) in [5, 5.41) is 10.9. The first-order valence-corrected chi connectivity index (χ1v) is 13.8. The van der Waals surface area contributed by atoms with Crippen LogP contribution in [0, 0.1) is 0 Å². The highest BCUT2D eigenvalue weighted by Crippen LogP contribution is 2.14. The maximum absolute atomic E-state index is 12.3. The molecule has 0 saturated carbocycles. The Labute approximate surface area is 208 Å². The molecule has 0 spiro atoms. The van der Waals surface area contributed by atoms with Crippen molar-refractivity contribution in [2.45, 2.75) is 142 Å². The summed E-state index contributed by atoms with van der Waals surface area (Å²) >= 11 is 0. The Morgan fingerprint density at radius 2 is 1.32 bits per heavy atom. The number of carbonyl (C=O) groups is 3. The molecule has 0 heterocycles. The van der Waals surface area contributed by atoms with Gasteiger partial charge >= 0.3 is 11.9 Å². The van der Waals surface area contributed by atoms with Crippen molar-refractivity contribution in [3.05, 3.63) is 12.2 Å². The number of hydrogen-bond acceptors (Lipinski definition) is 4. The molecule has 0 bridgehead atoms. The van der Waals surface area contributed by atoms with E-state index in [1.54, 1.807) is 0 Å². The van der Waals surface area contributed by atoms with Crippen LogP contribution in [0.2, 0.25) is 0 Å². The molecular formula is C28H51NO5. The van der Waals surface area contributed by atoms with Crippen LogP contribution in [0.3, 0.4) is 0 Å². The number of carboxylic acid groups (broad SMARTS) is 1. The van der Waals surface area contributed by atoms with Gasteiger partial charge in [0, 0.05) is 12.8 Å². The summed E-state index contributed by atoms with van der Waals surface area (Å²) in [6.07, 6.45) is 23.6. The van der Waals surface area contributed by atoms with E-state index in [0.29, 0.717) is 12.8 Å². The van der Waals surface area contributed by atoms with Gasteiger partial charge in [-0.05, 0) is 38.2 Å². The molecule has 0 radical (unpaired) electrons. The summed E-state index contributed by atoms with van der Waals surface area (Å²) < 4.78 is 5.76. The normalized spacial score (nSPS) is 12.1. The number of carbonyl (C=O) groups excluding carboxylic acids is 2. The lowest BCUT2D eigenvalue weighted by molar-refractivity contribution is -0.147. The number of amides is 1. The lowest BCUT2D eigenvalue weighted by Gasteiger charge is -2.15. The third-order valence-corrected chi connectivity index (χ3v) is 5.92. The van der Waals surface area contributed by atoms with E-state index < -0.39 is 5.97 Å². The number of unbranched alkanes of at least 4 members (excludes halogenated alkanes) is 13. The monoisotopic (exact) mass is 481 g/mol. The van der Waals surface area contributed by atoms with Crippen molar-refractivity contribution in [3.63, 3.8) is 0 Å². The average molecular weight is 482 g/mol. The molecule has 34 heavy (non-hydrogen) atoms.